The Labute approximate surface area is 117 Å². The van der Waals surface area contributed by atoms with E-state index < -0.39 is 16.8 Å². The number of rotatable bonds is 5. The molecule has 0 radical (unpaired) electrons. The van der Waals surface area contributed by atoms with Crippen molar-refractivity contribution in [1.82, 2.24) is 0 Å². The number of carbonyl (C=O) groups is 1. The molecule has 1 aromatic heterocycles. The third-order valence-corrected chi connectivity index (χ3v) is 4.13. The highest BCUT2D eigenvalue weighted by atomic mass is 35.5. The highest BCUT2D eigenvalue weighted by Gasteiger charge is 2.16. The Morgan fingerprint density at radius 2 is 2.00 bits per heavy atom. The average Bonchev–Trinajstić information content (AvgIpc) is 2.80. The van der Waals surface area contributed by atoms with Crippen molar-refractivity contribution in [3.8, 4) is 0 Å². The number of hydrogen-bond donors (Lipinski definition) is 1. The monoisotopic (exact) mass is 298 g/mol. The first-order valence-electron chi connectivity index (χ1n) is 5.46. The van der Waals surface area contributed by atoms with Crippen LogP contribution in [0.2, 0.25) is 5.02 Å². The van der Waals surface area contributed by atoms with Crippen LogP contribution >= 0.6 is 11.6 Å². The minimum Gasteiger partial charge on any atom is -0.478 e. The van der Waals surface area contributed by atoms with Gasteiger partial charge in [0.15, 0.2) is 0 Å². The van der Waals surface area contributed by atoms with Crippen LogP contribution in [0.4, 0.5) is 0 Å². The smallest absolute Gasteiger partial charge is 0.339 e. The zero-order valence-corrected chi connectivity index (χ0v) is 11.4. The molecule has 4 nitrogen and oxygen atoms in total. The number of hydrogen-bond acceptors (Lipinski definition) is 3. The van der Waals surface area contributed by atoms with Gasteiger partial charge in [-0.3, -0.25) is 4.21 Å². The Morgan fingerprint density at radius 3 is 2.68 bits per heavy atom. The van der Waals surface area contributed by atoms with E-state index in [9.17, 15) is 9.00 Å². The van der Waals surface area contributed by atoms with Crippen molar-refractivity contribution < 1.29 is 18.5 Å². The molecular formula is C13H11ClO4S. The summed E-state index contributed by atoms with van der Waals surface area (Å²) >= 11 is 5.98. The highest BCUT2D eigenvalue weighted by Crippen LogP contribution is 2.19. The molecular weight excluding hydrogens is 288 g/mol. The Morgan fingerprint density at radius 1 is 1.26 bits per heavy atom. The van der Waals surface area contributed by atoms with E-state index in [4.69, 9.17) is 21.1 Å². The van der Waals surface area contributed by atoms with Crippen LogP contribution < -0.4 is 0 Å². The molecule has 2 rings (SSSR count). The predicted octanol–water partition coefficient (Wildman–Crippen LogP) is 3.08. The van der Waals surface area contributed by atoms with E-state index in [-0.39, 0.29) is 22.8 Å². The standard InChI is InChI=1S/C13H11ClO4S/c14-11-4-2-1-3-9(11)7-19(17)8-12-10(13(15)16)5-6-18-12/h1-6H,7-8H2,(H,15,16). The van der Waals surface area contributed by atoms with Gasteiger partial charge < -0.3 is 9.52 Å². The molecule has 0 saturated carbocycles. The van der Waals surface area contributed by atoms with Gasteiger partial charge in [0, 0.05) is 15.8 Å². The summed E-state index contributed by atoms with van der Waals surface area (Å²) in [5, 5.41) is 9.47. The SMILES string of the molecule is O=C(O)c1ccoc1CS(=O)Cc1ccccc1Cl. The van der Waals surface area contributed by atoms with Gasteiger partial charge in [0.1, 0.15) is 11.3 Å². The van der Waals surface area contributed by atoms with Crippen LogP contribution in [0.15, 0.2) is 41.0 Å². The first-order valence-corrected chi connectivity index (χ1v) is 7.32. The Balaban J connectivity index is 2.08. The largest absolute Gasteiger partial charge is 0.478 e. The first kappa shape index (κ1) is 13.8. The summed E-state index contributed by atoms with van der Waals surface area (Å²) in [5.41, 5.74) is 0.818. The average molecular weight is 299 g/mol. The Hall–Kier alpha value is -1.59. The second-order valence-corrected chi connectivity index (χ2v) is 5.75. The maximum Gasteiger partial charge on any atom is 0.339 e. The molecule has 0 aliphatic heterocycles. The normalized spacial score (nSPS) is 12.3. The first-order chi connectivity index (χ1) is 9.08. The van der Waals surface area contributed by atoms with Crippen LogP contribution in [0.25, 0.3) is 0 Å². The minimum atomic E-state index is -1.28. The van der Waals surface area contributed by atoms with E-state index in [1.54, 1.807) is 18.2 Å². The van der Waals surface area contributed by atoms with Crippen molar-refractivity contribution in [2.75, 3.05) is 0 Å². The molecule has 6 heteroatoms. The van der Waals surface area contributed by atoms with E-state index in [1.165, 1.54) is 12.3 Å². The summed E-state index contributed by atoms with van der Waals surface area (Å²) in [6.07, 6.45) is 1.28. The van der Waals surface area contributed by atoms with Gasteiger partial charge in [-0.2, -0.15) is 0 Å². The predicted molar refractivity (Wildman–Crippen MR) is 72.7 cm³/mol. The van der Waals surface area contributed by atoms with Crippen LogP contribution in [0, 0.1) is 0 Å². The maximum atomic E-state index is 12.0. The lowest BCUT2D eigenvalue weighted by Crippen LogP contribution is -2.04. The summed E-state index contributed by atoms with van der Waals surface area (Å²) in [6, 6.07) is 8.48. The van der Waals surface area contributed by atoms with Crippen molar-refractivity contribution in [2.24, 2.45) is 0 Å². The topological polar surface area (TPSA) is 67.5 Å². The lowest BCUT2D eigenvalue weighted by Gasteiger charge is -2.04. The lowest BCUT2D eigenvalue weighted by atomic mass is 10.2. The molecule has 0 saturated heterocycles. The fraction of sp³-hybridized carbons (Fsp3) is 0.154. The van der Waals surface area contributed by atoms with Crippen LogP contribution in [0.1, 0.15) is 21.7 Å². The van der Waals surface area contributed by atoms with Gasteiger partial charge in [0.2, 0.25) is 0 Å². The summed E-state index contributed by atoms with van der Waals surface area (Å²) in [5.74, 6) is -0.546. The fourth-order valence-corrected chi connectivity index (χ4v) is 3.13. The minimum absolute atomic E-state index is 0.0486. The summed E-state index contributed by atoms with van der Waals surface area (Å²) in [7, 11) is -1.28. The molecule has 1 atom stereocenters. The molecule has 2 aromatic rings. The molecule has 0 amide bonds. The third kappa shape index (κ3) is 3.45. The second kappa shape index (κ2) is 6.04. The van der Waals surface area contributed by atoms with E-state index in [0.717, 1.165) is 5.56 Å². The van der Waals surface area contributed by atoms with Gasteiger partial charge in [-0.15, -0.1) is 0 Å². The van der Waals surface area contributed by atoms with Gasteiger partial charge in [0.05, 0.1) is 17.8 Å². The lowest BCUT2D eigenvalue weighted by molar-refractivity contribution is 0.0695. The maximum absolute atomic E-state index is 12.0. The molecule has 0 aliphatic carbocycles. The molecule has 1 aromatic carbocycles. The molecule has 0 aliphatic rings. The van der Waals surface area contributed by atoms with Gasteiger partial charge in [-0.05, 0) is 17.7 Å². The molecule has 100 valence electrons. The third-order valence-electron chi connectivity index (χ3n) is 2.54. The number of aromatic carboxylic acids is 1. The van der Waals surface area contributed by atoms with Crippen LogP contribution in [0.5, 0.6) is 0 Å². The molecule has 1 heterocycles. The van der Waals surface area contributed by atoms with E-state index >= 15 is 0 Å². The van der Waals surface area contributed by atoms with Crippen LogP contribution in [-0.4, -0.2) is 15.3 Å². The molecule has 0 spiro atoms. The van der Waals surface area contributed by atoms with E-state index in [2.05, 4.69) is 0 Å². The van der Waals surface area contributed by atoms with Crippen molar-refractivity contribution in [2.45, 2.75) is 11.5 Å². The zero-order valence-electron chi connectivity index (χ0n) is 9.84. The second-order valence-electron chi connectivity index (χ2n) is 3.88. The summed E-state index contributed by atoms with van der Waals surface area (Å²) < 4.78 is 17.1. The summed E-state index contributed by atoms with van der Waals surface area (Å²) in [4.78, 5) is 10.9. The molecule has 1 unspecified atom stereocenters. The number of halogens is 1. The Kier molecular flexibility index (Phi) is 4.39. The molecule has 0 bridgehead atoms. The van der Waals surface area contributed by atoms with Crippen LogP contribution in [-0.2, 0) is 22.3 Å². The molecule has 1 N–H and O–H groups in total. The van der Waals surface area contributed by atoms with E-state index in [1.807, 2.05) is 6.07 Å². The highest BCUT2D eigenvalue weighted by molar-refractivity contribution is 7.83. The number of carboxylic acid groups (broad SMARTS) is 1. The fourth-order valence-electron chi connectivity index (χ4n) is 1.63. The van der Waals surface area contributed by atoms with Gasteiger partial charge >= 0.3 is 5.97 Å². The Bertz CT molecular complexity index is 621. The van der Waals surface area contributed by atoms with Crippen molar-refractivity contribution in [3.63, 3.8) is 0 Å². The van der Waals surface area contributed by atoms with Gasteiger partial charge in [0.25, 0.3) is 0 Å². The summed E-state index contributed by atoms with van der Waals surface area (Å²) in [6.45, 7) is 0. The van der Waals surface area contributed by atoms with Crippen LogP contribution in [0.3, 0.4) is 0 Å². The zero-order chi connectivity index (χ0) is 13.8. The van der Waals surface area contributed by atoms with Gasteiger partial charge in [-0.25, -0.2) is 4.79 Å². The number of carboxylic acids is 1. The van der Waals surface area contributed by atoms with Crippen molar-refractivity contribution in [1.29, 1.82) is 0 Å². The quantitative estimate of drug-likeness (QED) is 0.921. The molecule has 19 heavy (non-hydrogen) atoms. The van der Waals surface area contributed by atoms with Crippen molar-refractivity contribution >= 4 is 28.4 Å². The van der Waals surface area contributed by atoms with Crippen molar-refractivity contribution in [3.05, 3.63) is 58.5 Å². The number of benzene rings is 1. The van der Waals surface area contributed by atoms with E-state index in [0.29, 0.717) is 5.02 Å². The number of furan rings is 1. The molecule has 0 fully saturated rings. The van der Waals surface area contributed by atoms with Gasteiger partial charge in [-0.1, -0.05) is 29.8 Å².